The van der Waals surface area contributed by atoms with E-state index in [0.717, 1.165) is 19.3 Å². The van der Waals surface area contributed by atoms with E-state index in [-0.39, 0.29) is 11.7 Å². The molecule has 1 aromatic carbocycles. The molecule has 1 aromatic rings. The highest BCUT2D eigenvalue weighted by atomic mass is 79.9. The first-order valence-corrected chi connectivity index (χ1v) is 5.99. The number of carbonyl (C=O) groups excluding carboxylic acids is 1. The summed E-state index contributed by atoms with van der Waals surface area (Å²) in [5.41, 5.74) is 0.809. The Bertz CT molecular complexity index is 485. The third-order valence-corrected chi connectivity index (χ3v) is 3.93. The molecule has 2 aliphatic rings. The van der Waals surface area contributed by atoms with Crippen LogP contribution in [0.25, 0.3) is 0 Å². The maximum absolute atomic E-state index is 13.4. The van der Waals surface area contributed by atoms with Crippen molar-refractivity contribution < 1.29 is 9.18 Å². The summed E-state index contributed by atoms with van der Waals surface area (Å²) in [6, 6.07) is 3.00. The number of hydrogen-bond donors (Lipinski definition) is 2. The molecule has 0 atom stereocenters. The van der Waals surface area contributed by atoms with Crippen LogP contribution in [0.15, 0.2) is 16.6 Å². The number of amides is 1. The van der Waals surface area contributed by atoms with Crippen LogP contribution in [-0.2, 0) is 4.79 Å². The van der Waals surface area contributed by atoms with Crippen molar-refractivity contribution in [1.82, 2.24) is 0 Å². The Morgan fingerprint density at radius 1 is 1.31 bits per heavy atom. The predicted molar refractivity (Wildman–Crippen MR) is 62.9 cm³/mol. The van der Waals surface area contributed by atoms with E-state index in [2.05, 4.69) is 26.6 Å². The summed E-state index contributed by atoms with van der Waals surface area (Å²) < 4.78 is 13.7. The molecule has 0 radical (unpaired) electrons. The molecule has 1 amide bonds. The van der Waals surface area contributed by atoms with Crippen LogP contribution in [0.1, 0.15) is 19.3 Å². The van der Waals surface area contributed by atoms with E-state index in [1.54, 1.807) is 6.07 Å². The number of anilines is 2. The number of hydrogen-bond acceptors (Lipinski definition) is 2. The molecule has 16 heavy (non-hydrogen) atoms. The SMILES string of the molecule is O=C1Nc2cc(Br)c(F)cc2NC12CCC2. The van der Waals surface area contributed by atoms with Crippen LogP contribution >= 0.6 is 15.9 Å². The molecular weight excluding hydrogens is 275 g/mol. The van der Waals surface area contributed by atoms with Crippen LogP contribution in [0.3, 0.4) is 0 Å². The van der Waals surface area contributed by atoms with E-state index in [9.17, 15) is 9.18 Å². The van der Waals surface area contributed by atoms with Gasteiger partial charge in [-0.1, -0.05) is 0 Å². The second-order valence-electron chi connectivity index (χ2n) is 4.33. The van der Waals surface area contributed by atoms with Gasteiger partial charge in [-0.3, -0.25) is 4.79 Å². The van der Waals surface area contributed by atoms with Crippen molar-refractivity contribution in [3.8, 4) is 0 Å². The van der Waals surface area contributed by atoms with Gasteiger partial charge >= 0.3 is 0 Å². The van der Waals surface area contributed by atoms with E-state index in [0.29, 0.717) is 15.8 Å². The van der Waals surface area contributed by atoms with Crippen molar-refractivity contribution in [2.24, 2.45) is 0 Å². The normalized spacial score (nSPS) is 20.8. The molecule has 0 bridgehead atoms. The average Bonchev–Trinajstić information content (AvgIpc) is 2.17. The summed E-state index contributed by atoms with van der Waals surface area (Å²) in [5, 5.41) is 5.98. The predicted octanol–water partition coefficient (Wildman–Crippen LogP) is 2.87. The zero-order valence-corrected chi connectivity index (χ0v) is 10.0. The molecule has 1 fully saturated rings. The first-order valence-electron chi connectivity index (χ1n) is 5.19. The average molecular weight is 285 g/mol. The number of fused-ring (bicyclic) bond motifs is 1. The van der Waals surface area contributed by atoms with Gasteiger partial charge in [-0.2, -0.15) is 0 Å². The van der Waals surface area contributed by atoms with Crippen molar-refractivity contribution >= 4 is 33.2 Å². The lowest BCUT2D eigenvalue weighted by Crippen LogP contribution is -2.57. The van der Waals surface area contributed by atoms with Crippen molar-refractivity contribution in [3.63, 3.8) is 0 Å². The summed E-state index contributed by atoms with van der Waals surface area (Å²) >= 11 is 3.10. The highest BCUT2D eigenvalue weighted by molar-refractivity contribution is 9.10. The number of rotatable bonds is 0. The minimum absolute atomic E-state index is 0.00948. The maximum Gasteiger partial charge on any atom is 0.250 e. The molecule has 1 saturated carbocycles. The van der Waals surface area contributed by atoms with E-state index in [1.807, 2.05) is 0 Å². The van der Waals surface area contributed by atoms with Crippen molar-refractivity contribution in [2.75, 3.05) is 10.6 Å². The summed E-state index contributed by atoms with van der Waals surface area (Å²) in [5.74, 6) is -0.332. The summed E-state index contributed by atoms with van der Waals surface area (Å²) in [6.07, 6.45) is 2.67. The van der Waals surface area contributed by atoms with Crippen LogP contribution in [0, 0.1) is 5.82 Å². The highest BCUT2D eigenvalue weighted by Gasteiger charge is 2.47. The number of halogens is 2. The molecule has 3 nitrogen and oxygen atoms in total. The number of carbonyl (C=O) groups is 1. The largest absolute Gasteiger partial charge is 0.369 e. The molecular formula is C11H10BrFN2O. The maximum atomic E-state index is 13.4. The van der Waals surface area contributed by atoms with E-state index in [1.165, 1.54) is 6.07 Å². The fourth-order valence-electron chi connectivity index (χ4n) is 2.19. The van der Waals surface area contributed by atoms with Crippen LogP contribution in [0.4, 0.5) is 15.8 Å². The molecule has 1 aliphatic heterocycles. The first kappa shape index (κ1) is 10.1. The van der Waals surface area contributed by atoms with Gasteiger partial charge < -0.3 is 10.6 Å². The molecule has 0 unspecified atom stereocenters. The van der Waals surface area contributed by atoms with Crippen LogP contribution in [0.5, 0.6) is 0 Å². The van der Waals surface area contributed by atoms with Gasteiger partial charge in [-0.15, -0.1) is 0 Å². The van der Waals surface area contributed by atoms with Gasteiger partial charge in [0.1, 0.15) is 11.4 Å². The Hall–Kier alpha value is -1.10. The second kappa shape index (κ2) is 3.20. The third kappa shape index (κ3) is 1.27. The van der Waals surface area contributed by atoms with E-state index >= 15 is 0 Å². The monoisotopic (exact) mass is 284 g/mol. The zero-order valence-electron chi connectivity index (χ0n) is 8.44. The van der Waals surface area contributed by atoms with Crippen LogP contribution < -0.4 is 10.6 Å². The smallest absolute Gasteiger partial charge is 0.250 e. The van der Waals surface area contributed by atoms with Crippen molar-refractivity contribution in [2.45, 2.75) is 24.8 Å². The van der Waals surface area contributed by atoms with Gasteiger partial charge in [-0.05, 0) is 41.3 Å². The fraction of sp³-hybridized carbons (Fsp3) is 0.364. The minimum atomic E-state index is -0.493. The van der Waals surface area contributed by atoms with Gasteiger partial charge in [0.25, 0.3) is 0 Å². The number of benzene rings is 1. The molecule has 5 heteroatoms. The summed E-state index contributed by atoms with van der Waals surface area (Å²) in [4.78, 5) is 11.9. The van der Waals surface area contributed by atoms with E-state index < -0.39 is 5.54 Å². The molecule has 0 saturated heterocycles. The zero-order chi connectivity index (χ0) is 11.3. The molecule has 2 N–H and O–H groups in total. The Morgan fingerprint density at radius 2 is 2.06 bits per heavy atom. The fourth-order valence-corrected chi connectivity index (χ4v) is 2.54. The molecule has 3 rings (SSSR count). The summed E-state index contributed by atoms with van der Waals surface area (Å²) in [7, 11) is 0. The standard InChI is InChI=1S/C11H10BrFN2O/c12-6-4-8-9(5-7(6)13)15-11(2-1-3-11)10(16)14-8/h4-5,15H,1-3H2,(H,14,16). The Balaban J connectivity index is 2.05. The third-order valence-electron chi connectivity index (χ3n) is 3.32. The molecule has 1 heterocycles. The Labute approximate surface area is 101 Å². The van der Waals surface area contributed by atoms with Crippen molar-refractivity contribution in [3.05, 3.63) is 22.4 Å². The first-order chi connectivity index (χ1) is 7.61. The lowest BCUT2D eigenvalue weighted by molar-refractivity contribution is -0.123. The minimum Gasteiger partial charge on any atom is -0.369 e. The molecule has 84 valence electrons. The molecule has 1 spiro atoms. The molecule has 0 aromatic heterocycles. The van der Waals surface area contributed by atoms with E-state index in [4.69, 9.17) is 0 Å². The van der Waals surface area contributed by atoms with Gasteiger partial charge in [0, 0.05) is 6.07 Å². The highest BCUT2D eigenvalue weighted by Crippen LogP contribution is 2.42. The lowest BCUT2D eigenvalue weighted by Gasteiger charge is -2.44. The summed E-state index contributed by atoms with van der Waals surface area (Å²) in [6.45, 7) is 0. The van der Waals surface area contributed by atoms with Crippen LogP contribution in [-0.4, -0.2) is 11.4 Å². The quantitative estimate of drug-likeness (QED) is 0.769. The molecule has 1 aliphatic carbocycles. The van der Waals surface area contributed by atoms with Gasteiger partial charge in [0.05, 0.1) is 15.8 Å². The number of nitrogens with one attached hydrogen (secondary N) is 2. The second-order valence-corrected chi connectivity index (χ2v) is 5.18. The topological polar surface area (TPSA) is 41.1 Å². The van der Waals surface area contributed by atoms with Gasteiger partial charge in [-0.25, -0.2) is 4.39 Å². The Kier molecular flexibility index (Phi) is 2.01. The Morgan fingerprint density at radius 3 is 2.69 bits per heavy atom. The van der Waals surface area contributed by atoms with Crippen LogP contribution in [0.2, 0.25) is 0 Å². The lowest BCUT2D eigenvalue weighted by atomic mass is 9.74. The van der Waals surface area contributed by atoms with Crippen molar-refractivity contribution in [1.29, 1.82) is 0 Å². The van der Waals surface area contributed by atoms with Gasteiger partial charge in [0.2, 0.25) is 5.91 Å². The van der Waals surface area contributed by atoms with Gasteiger partial charge in [0.15, 0.2) is 0 Å².